The molecule has 2 aromatic carbocycles. The first-order valence-electron chi connectivity index (χ1n) is 11.3. The molecule has 1 aliphatic carbocycles. The molecule has 0 radical (unpaired) electrons. The highest BCUT2D eigenvalue weighted by Gasteiger charge is 2.14. The summed E-state index contributed by atoms with van der Waals surface area (Å²) in [4.78, 5) is 24.1. The average molecular weight is 448 g/mol. The van der Waals surface area contributed by atoms with Crippen molar-refractivity contribution in [2.75, 3.05) is 24.5 Å². The van der Waals surface area contributed by atoms with Crippen LogP contribution in [0.3, 0.4) is 0 Å². The van der Waals surface area contributed by atoms with Gasteiger partial charge in [0.25, 0.3) is 0 Å². The Morgan fingerprint density at radius 3 is 2.56 bits per heavy atom. The average Bonchev–Trinajstić information content (AvgIpc) is 2.80. The predicted molar refractivity (Wildman–Crippen MR) is 134 cm³/mol. The van der Waals surface area contributed by atoms with Gasteiger partial charge in [0.2, 0.25) is 0 Å². The van der Waals surface area contributed by atoms with Crippen LogP contribution in [0.4, 0.5) is 5.69 Å². The minimum atomic E-state index is -0.729. The number of hydrogen-bond acceptors (Lipinski definition) is 5. The van der Waals surface area contributed by atoms with Crippen molar-refractivity contribution in [3.05, 3.63) is 53.9 Å². The van der Waals surface area contributed by atoms with Crippen LogP contribution in [0.5, 0.6) is 0 Å². The highest BCUT2D eigenvalue weighted by Crippen LogP contribution is 2.35. The zero-order valence-corrected chi connectivity index (χ0v) is 19.5. The van der Waals surface area contributed by atoms with Crippen molar-refractivity contribution in [1.82, 2.24) is 4.98 Å². The van der Waals surface area contributed by atoms with Gasteiger partial charge in [0, 0.05) is 42.5 Å². The number of rotatable bonds is 9. The van der Waals surface area contributed by atoms with E-state index in [0.717, 1.165) is 58.1 Å². The van der Waals surface area contributed by atoms with Crippen molar-refractivity contribution < 1.29 is 9.90 Å². The molecule has 2 aromatic rings. The summed E-state index contributed by atoms with van der Waals surface area (Å²) < 4.78 is 1.18. The lowest BCUT2D eigenvalue weighted by Gasteiger charge is -2.21. The van der Waals surface area contributed by atoms with E-state index in [1.165, 1.54) is 10.4 Å². The van der Waals surface area contributed by atoms with Crippen LogP contribution in [0.15, 0.2) is 53.5 Å². The molecule has 0 atom stereocenters. The molecular formula is C26H29N3O2S. The van der Waals surface area contributed by atoms with E-state index >= 15 is 0 Å². The first-order chi connectivity index (χ1) is 15.6. The van der Waals surface area contributed by atoms with Crippen molar-refractivity contribution in [2.45, 2.75) is 39.5 Å². The summed E-state index contributed by atoms with van der Waals surface area (Å²) in [6.45, 7) is 7.02. The van der Waals surface area contributed by atoms with Crippen molar-refractivity contribution in [3.63, 3.8) is 0 Å². The quantitative estimate of drug-likeness (QED) is 0.196. The number of carboxylic acids is 1. The largest absolute Gasteiger partial charge is 0.481 e. The zero-order valence-electron chi connectivity index (χ0n) is 18.7. The second kappa shape index (κ2) is 10.1. The number of unbranched alkanes of at least 4 members (excludes halogenated alkanes) is 2. The number of nitrogens with zero attached hydrogens (tertiary/aromatic N) is 3. The molecule has 166 valence electrons. The molecule has 1 aliphatic heterocycles. The second-order valence-electron chi connectivity index (χ2n) is 7.91. The van der Waals surface area contributed by atoms with E-state index in [0.29, 0.717) is 13.0 Å². The summed E-state index contributed by atoms with van der Waals surface area (Å²) in [6.07, 6.45) is 2.71. The van der Waals surface area contributed by atoms with Crippen LogP contribution in [0, 0.1) is 0 Å². The number of benzene rings is 3. The van der Waals surface area contributed by atoms with Crippen LogP contribution >= 0.6 is 11.3 Å². The molecule has 0 bridgehead atoms. The summed E-state index contributed by atoms with van der Waals surface area (Å²) in [6, 6.07) is 17.0. The molecule has 0 fully saturated rings. The third kappa shape index (κ3) is 4.75. The summed E-state index contributed by atoms with van der Waals surface area (Å²) in [7, 11) is 0. The molecule has 0 saturated carbocycles. The Morgan fingerprint density at radius 1 is 1.03 bits per heavy atom. The Morgan fingerprint density at radius 2 is 1.81 bits per heavy atom. The summed E-state index contributed by atoms with van der Waals surface area (Å²) in [5.74, 6) is -0.729. The summed E-state index contributed by atoms with van der Waals surface area (Å²) in [5.41, 5.74) is 3.27. The van der Waals surface area contributed by atoms with Gasteiger partial charge >= 0.3 is 5.97 Å². The highest BCUT2D eigenvalue weighted by atomic mass is 32.1. The van der Waals surface area contributed by atoms with Crippen LogP contribution in [0.2, 0.25) is 0 Å². The number of aliphatic carboxylic acids is 1. The number of hydrogen-bond donors (Lipinski definition) is 1. The molecule has 0 saturated heterocycles. The maximum Gasteiger partial charge on any atom is 0.303 e. The fraction of sp³-hybridized carbons (Fsp3) is 0.346. The molecule has 6 heteroatoms. The van der Waals surface area contributed by atoms with Gasteiger partial charge in [-0.3, -0.25) is 9.79 Å². The maximum atomic E-state index is 10.7. The minimum Gasteiger partial charge on any atom is -0.481 e. The van der Waals surface area contributed by atoms with E-state index in [-0.39, 0.29) is 6.42 Å². The van der Waals surface area contributed by atoms with E-state index in [9.17, 15) is 4.79 Å². The molecule has 0 aromatic heterocycles. The Bertz CT molecular complexity index is 1280. The normalized spacial score (nSPS) is 12.1. The SMILES string of the molecule is CCN(CC)c1ccc2nc3c4ccccc4c(=NCCCCCC(=O)O)cc-3sc2c1. The molecule has 0 spiro atoms. The molecule has 1 heterocycles. The van der Waals surface area contributed by atoms with Crippen molar-refractivity contribution in [3.8, 4) is 10.6 Å². The van der Waals surface area contributed by atoms with Gasteiger partial charge in [-0.2, -0.15) is 0 Å². The van der Waals surface area contributed by atoms with E-state index in [1.54, 1.807) is 11.3 Å². The smallest absolute Gasteiger partial charge is 0.303 e. The molecule has 0 unspecified atom stereocenters. The van der Waals surface area contributed by atoms with Gasteiger partial charge in [-0.1, -0.05) is 30.7 Å². The van der Waals surface area contributed by atoms with Crippen molar-refractivity contribution in [2.24, 2.45) is 4.99 Å². The van der Waals surface area contributed by atoms with Gasteiger partial charge in [-0.05, 0) is 51.0 Å². The van der Waals surface area contributed by atoms with Crippen molar-refractivity contribution in [1.29, 1.82) is 0 Å². The Hall–Kier alpha value is -2.99. The van der Waals surface area contributed by atoms with Gasteiger partial charge < -0.3 is 10.0 Å². The van der Waals surface area contributed by atoms with Gasteiger partial charge in [0.15, 0.2) is 0 Å². The fourth-order valence-corrected chi connectivity index (χ4v) is 5.16. The Labute approximate surface area is 192 Å². The second-order valence-corrected chi connectivity index (χ2v) is 9.00. The van der Waals surface area contributed by atoms with Gasteiger partial charge in [0.05, 0.1) is 26.1 Å². The van der Waals surface area contributed by atoms with Gasteiger partial charge in [-0.15, -0.1) is 11.3 Å². The van der Waals surface area contributed by atoms with E-state index in [1.807, 2.05) is 6.07 Å². The lowest BCUT2D eigenvalue weighted by atomic mass is 10.1. The lowest BCUT2D eigenvalue weighted by Crippen LogP contribution is -2.21. The predicted octanol–water partition coefficient (Wildman–Crippen LogP) is 5.95. The van der Waals surface area contributed by atoms with Crippen LogP contribution in [0.25, 0.3) is 31.6 Å². The lowest BCUT2D eigenvalue weighted by molar-refractivity contribution is -0.137. The molecule has 1 N–H and O–H groups in total. The number of carboxylic acid groups (broad SMARTS) is 1. The third-order valence-electron chi connectivity index (χ3n) is 5.81. The van der Waals surface area contributed by atoms with E-state index < -0.39 is 5.97 Å². The highest BCUT2D eigenvalue weighted by molar-refractivity contribution is 7.21. The van der Waals surface area contributed by atoms with Gasteiger partial charge in [0.1, 0.15) is 0 Å². The fourth-order valence-electron chi connectivity index (χ4n) is 4.11. The molecule has 5 nitrogen and oxygen atoms in total. The van der Waals surface area contributed by atoms with Crippen LogP contribution in [0.1, 0.15) is 39.5 Å². The van der Waals surface area contributed by atoms with Crippen molar-refractivity contribution >= 4 is 44.0 Å². The van der Waals surface area contributed by atoms with Crippen LogP contribution < -0.4 is 10.3 Å². The third-order valence-corrected chi connectivity index (χ3v) is 6.89. The topological polar surface area (TPSA) is 65.8 Å². The molecule has 4 rings (SSSR count). The van der Waals surface area contributed by atoms with Crippen LogP contribution in [-0.2, 0) is 4.79 Å². The zero-order chi connectivity index (χ0) is 22.5. The molecule has 32 heavy (non-hydrogen) atoms. The van der Waals surface area contributed by atoms with Crippen LogP contribution in [-0.4, -0.2) is 35.7 Å². The van der Waals surface area contributed by atoms with Gasteiger partial charge in [-0.25, -0.2) is 4.98 Å². The number of fused-ring (bicyclic) bond motifs is 4. The Balaban J connectivity index is 1.75. The molecule has 0 amide bonds. The minimum absolute atomic E-state index is 0.231. The number of carbonyl (C=O) groups is 1. The van der Waals surface area contributed by atoms with E-state index in [2.05, 4.69) is 61.2 Å². The molecule has 2 aliphatic rings. The first-order valence-corrected chi connectivity index (χ1v) is 12.2. The maximum absolute atomic E-state index is 10.7. The standard InChI is InChI=1S/C26H29N3O2S/c1-3-29(4-2)18-13-14-21-23(16-18)32-24-17-22(27-15-9-5-6-12-25(30)31)19-10-7-8-11-20(19)26(24)28-21/h7-8,10-11,13-14,16-17H,3-6,9,12,15H2,1-2H3,(H,30,31). The Kier molecular flexibility index (Phi) is 7.00. The summed E-state index contributed by atoms with van der Waals surface area (Å²) in [5, 5.41) is 12.0. The monoisotopic (exact) mass is 447 g/mol. The first kappa shape index (κ1) is 22.2. The summed E-state index contributed by atoms with van der Waals surface area (Å²) >= 11 is 1.77. The number of anilines is 1. The van der Waals surface area contributed by atoms with E-state index in [4.69, 9.17) is 15.1 Å². The molecular weight excluding hydrogens is 418 g/mol. The number of aromatic nitrogens is 1.